The zero-order valence-corrected chi connectivity index (χ0v) is 16.9. The number of aryl methyl sites for hydroxylation is 1. The number of carbonyl (C=O) groups is 1. The lowest BCUT2D eigenvalue weighted by molar-refractivity contribution is -0.113. The van der Waals surface area contributed by atoms with Crippen LogP contribution in [0.5, 0.6) is 0 Å². The number of para-hydroxylation sites is 3. The molecule has 0 fully saturated rings. The van der Waals surface area contributed by atoms with E-state index in [2.05, 4.69) is 33.5 Å². The molecule has 0 unspecified atom stereocenters. The lowest BCUT2D eigenvalue weighted by Gasteiger charge is -2.11. The van der Waals surface area contributed by atoms with E-state index < -0.39 is 0 Å². The lowest BCUT2D eigenvalue weighted by Crippen LogP contribution is -2.15. The van der Waals surface area contributed by atoms with Gasteiger partial charge in [-0.25, -0.2) is 9.97 Å². The third kappa shape index (κ3) is 4.81. The van der Waals surface area contributed by atoms with E-state index in [0.29, 0.717) is 0 Å². The number of carbonyl (C=O) groups excluding carboxylic acids is 1. The summed E-state index contributed by atoms with van der Waals surface area (Å²) in [5, 5.41) is 3.84. The summed E-state index contributed by atoms with van der Waals surface area (Å²) in [4.78, 5) is 21.8. The van der Waals surface area contributed by atoms with E-state index in [9.17, 15) is 4.79 Å². The minimum absolute atomic E-state index is 0.0510. The smallest absolute Gasteiger partial charge is 0.234 e. The molecule has 0 aliphatic rings. The number of nitrogens with zero attached hydrogens (tertiary/aromatic N) is 2. The summed E-state index contributed by atoms with van der Waals surface area (Å²) in [5.41, 5.74) is 5.71. The molecule has 3 aromatic carbocycles. The number of anilines is 1. The summed E-state index contributed by atoms with van der Waals surface area (Å²) < 4.78 is 0. The van der Waals surface area contributed by atoms with Crippen molar-refractivity contribution in [1.29, 1.82) is 0 Å². The molecule has 5 heteroatoms. The van der Waals surface area contributed by atoms with Crippen LogP contribution in [0.4, 0.5) is 5.69 Å². The number of amides is 1. The van der Waals surface area contributed by atoms with Crippen molar-refractivity contribution in [3.05, 3.63) is 95.7 Å². The number of benzene rings is 3. The fraction of sp³-hybridized carbons (Fsp3) is 0.125. The molecule has 0 saturated heterocycles. The predicted octanol–water partition coefficient (Wildman–Crippen LogP) is 5.26. The highest BCUT2D eigenvalue weighted by Gasteiger charge is 2.11. The number of nitrogens with one attached hydrogen (secondary N) is 1. The van der Waals surface area contributed by atoms with Crippen LogP contribution in [-0.4, -0.2) is 21.6 Å². The van der Waals surface area contributed by atoms with E-state index in [-0.39, 0.29) is 11.7 Å². The fourth-order valence-electron chi connectivity index (χ4n) is 3.14. The first-order valence-electron chi connectivity index (χ1n) is 9.47. The Morgan fingerprint density at radius 2 is 1.52 bits per heavy atom. The SMILES string of the molecule is Cc1nc2ccccc2nc1SCC(=O)Nc1ccccc1Cc1ccccc1. The van der Waals surface area contributed by atoms with Gasteiger partial charge in [0.05, 0.1) is 22.5 Å². The zero-order valence-electron chi connectivity index (χ0n) is 16.1. The quantitative estimate of drug-likeness (QED) is 0.449. The Balaban J connectivity index is 1.44. The molecule has 29 heavy (non-hydrogen) atoms. The van der Waals surface area contributed by atoms with Gasteiger partial charge in [0.2, 0.25) is 5.91 Å². The van der Waals surface area contributed by atoms with Gasteiger partial charge in [-0.05, 0) is 42.7 Å². The maximum absolute atomic E-state index is 12.6. The van der Waals surface area contributed by atoms with Crippen molar-refractivity contribution in [2.75, 3.05) is 11.1 Å². The number of rotatable bonds is 6. The van der Waals surface area contributed by atoms with Crippen LogP contribution in [0, 0.1) is 6.92 Å². The summed E-state index contributed by atoms with van der Waals surface area (Å²) >= 11 is 1.41. The maximum atomic E-state index is 12.6. The highest BCUT2D eigenvalue weighted by Crippen LogP contribution is 2.23. The predicted molar refractivity (Wildman–Crippen MR) is 119 cm³/mol. The summed E-state index contributed by atoms with van der Waals surface area (Å²) in [5.74, 6) is 0.234. The second-order valence-electron chi connectivity index (χ2n) is 6.76. The minimum Gasteiger partial charge on any atom is -0.325 e. The largest absolute Gasteiger partial charge is 0.325 e. The normalized spacial score (nSPS) is 10.8. The summed E-state index contributed by atoms with van der Waals surface area (Å²) in [7, 11) is 0. The monoisotopic (exact) mass is 399 g/mol. The molecule has 4 rings (SSSR count). The molecule has 1 N–H and O–H groups in total. The fourth-order valence-corrected chi connectivity index (χ4v) is 3.90. The van der Waals surface area contributed by atoms with E-state index >= 15 is 0 Å². The molecule has 0 aliphatic carbocycles. The van der Waals surface area contributed by atoms with Gasteiger partial charge in [0.25, 0.3) is 0 Å². The molecule has 4 aromatic rings. The van der Waals surface area contributed by atoms with Gasteiger partial charge in [-0.15, -0.1) is 0 Å². The van der Waals surface area contributed by atoms with Gasteiger partial charge in [0, 0.05) is 5.69 Å². The van der Waals surface area contributed by atoms with Crippen molar-refractivity contribution in [3.8, 4) is 0 Å². The van der Waals surface area contributed by atoms with Gasteiger partial charge in [-0.3, -0.25) is 4.79 Å². The molecular weight excluding hydrogens is 378 g/mol. The van der Waals surface area contributed by atoms with Crippen molar-refractivity contribution in [3.63, 3.8) is 0 Å². The van der Waals surface area contributed by atoms with Crippen LogP contribution in [0.2, 0.25) is 0 Å². The van der Waals surface area contributed by atoms with Crippen LogP contribution in [0.3, 0.4) is 0 Å². The second-order valence-corrected chi connectivity index (χ2v) is 7.72. The number of thioether (sulfide) groups is 1. The van der Waals surface area contributed by atoms with Crippen molar-refractivity contribution in [1.82, 2.24) is 9.97 Å². The summed E-state index contributed by atoms with van der Waals surface area (Å²) in [6.45, 7) is 1.93. The lowest BCUT2D eigenvalue weighted by atomic mass is 10.0. The average molecular weight is 400 g/mol. The van der Waals surface area contributed by atoms with E-state index in [1.165, 1.54) is 17.3 Å². The van der Waals surface area contributed by atoms with Crippen LogP contribution < -0.4 is 5.32 Å². The number of fused-ring (bicyclic) bond motifs is 1. The highest BCUT2D eigenvalue weighted by atomic mass is 32.2. The molecule has 1 aromatic heterocycles. The van der Waals surface area contributed by atoms with Gasteiger partial charge in [0.1, 0.15) is 5.03 Å². The molecular formula is C24H21N3OS. The minimum atomic E-state index is -0.0510. The van der Waals surface area contributed by atoms with E-state index in [4.69, 9.17) is 0 Å². The van der Waals surface area contributed by atoms with Crippen molar-refractivity contribution < 1.29 is 4.79 Å². The summed E-state index contributed by atoms with van der Waals surface area (Å²) in [6.07, 6.45) is 0.777. The Kier molecular flexibility index (Phi) is 5.86. The van der Waals surface area contributed by atoms with Gasteiger partial charge >= 0.3 is 0 Å². The number of hydrogen-bond donors (Lipinski definition) is 1. The highest BCUT2D eigenvalue weighted by molar-refractivity contribution is 8.00. The van der Waals surface area contributed by atoms with Gasteiger partial charge in [0.15, 0.2) is 0 Å². The third-order valence-corrected chi connectivity index (χ3v) is 5.64. The van der Waals surface area contributed by atoms with Gasteiger partial charge in [-0.2, -0.15) is 0 Å². The topological polar surface area (TPSA) is 54.9 Å². The zero-order chi connectivity index (χ0) is 20.1. The second kappa shape index (κ2) is 8.88. The van der Waals surface area contributed by atoms with Crippen LogP contribution in [-0.2, 0) is 11.2 Å². The Bertz CT molecular complexity index is 1150. The number of hydrogen-bond acceptors (Lipinski definition) is 4. The molecule has 0 bridgehead atoms. The van der Waals surface area contributed by atoms with Gasteiger partial charge < -0.3 is 5.32 Å². The van der Waals surface area contributed by atoms with Crippen LogP contribution in [0.25, 0.3) is 11.0 Å². The number of aromatic nitrogens is 2. The molecule has 0 saturated carbocycles. The van der Waals surface area contributed by atoms with Crippen LogP contribution >= 0.6 is 11.8 Å². The molecule has 4 nitrogen and oxygen atoms in total. The molecule has 144 valence electrons. The van der Waals surface area contributed by atoms with Crippen molar-refractivity contribution >= 4 is 34.4 Å². The molecule has 0 atom stereocenters. The Morgan fingerprint density at radius 1 is 0.862 bits per heavy atom. The third-order valence-electron chi connectivity index (χ3n) is 4.57. The van der Waals surface area contributed by atoms with E-state index in [1.54, 1.807) is 0 Å². The first kappa shape index (κ1) is 19.2. The van der Waals surface area contributed by atoms with Crippen LogP contribution in [0.15, 0.2) is 83.9 Å². The molecule has 1 amide bonds. The molecule has 0 radical (unpaired) electrons. The summed E-state index contributed by atoms with van der Waals surface area (Å²) in [6, 6.07) is 26.0. The standard InChI is InChI=1S/C24H21N3OS/c1-17-24(27-22-14-8-7-13-21(22)25-17)29-16-23(28)26-20-12-6-5-11-19(20)15-18-9-3-2-4-10-18/h2-14H,15-16H2,1H3,(H,26,28). The van der Waals surface area contributed by atoms with E-state index in [1.807, 2.05) is 67.6 Å². The first-order valence-corrected chi connectivity index (χ1v) is 10.5. The first-order chi connectivity index (χ1) is 14.2. The molecule has 0 aliphatic heterocycles. The van der Waals surface area contributed by atoms with Crippen molar-refractivity contribution in [2.24, 2.45) is 0 Å². The van der Waals surface area contributed by atoms with Crippen LogP contribution in [0.1, 0.15) is 16.8 Å². The maximum Gasteiger partial charge on any atom is 0.234 e. The average Bonchev–Trinajstić information content (AvgIpc) is 2.74. The Hall–Kier alpha value is -3.18. The van der Waals surface area contributed by atoms with E-state index in [0.717, 1.165) is 39.4 Å². The Labute approximate surface area is 174 Å². The Morgan fingerprint density at radius 3 is 2.31 bits per heavy atom. The van der Waals surface area contributed by atoms with Gasteiger partial charge in [-0.1, -0.05) is 72.4 Å². The molecule has 0 spiro atoms. The molecule has 1 heterocycles. The van der Waals surface area contributed by atoms with Crippen molar-refractivity contribution in [2.45, 2.75) is 18.4 Å².